The number of aryl methyl sites for hydroxylation is 2. The number of nitrogens with zero attached hydrogens (tertiary/aromatic N) is 6. The van der Waals surface area contributed by atoms with Gasteiger partial charge in [0.15, 0.2) is 5.96 Å². The van der Waals surface area contributed by atoms with Crippen molar-refractivity contribution in [3.05, 3.63) is 40.6 Å². The summed E-state index contributed by atoms with van der Waals surface area (Å²) in [6.45, 7) is 8.27. The molecule has 9 heteroatoms. The van der Waals surface area contributed by atoms with Gasteiger partial charge in [-0.25, -0.2) is 9.48 Å². The molecule has 2 N–H and O–H groups in total. The maximum atomic E-state index is 12.4. The molecule has 168 valence electrons. The average Bonchev–Trinajstić information content (AvgIpc) is 3.12. The van der Waals surface area contributed by atoms with Gasteiger partial charge in [-0.3, -0.25) is 9.56 Å². The number of rotatable bonds is 6. The summed E-state index contributed by atoms with van der Waals surface area (Å²) in [6.07, 6.45) is 3.86. The van der Waals surface area contributed by atoms with Crippen molar-refractivity contribution in [2.24, 2.45) is 4.99 Å². The molecule has 0 unspecified atom stereocenters. The van der Waals surface area contributed by atoms with Gasteiger partial charge in [0, 0.05) is 58.8 Å². The second kappa shape index (κ2) is 9.89. The van der Waals surface area contributed by atoms with E-state index in [1.54, 1.807) is 10.7 Å². The lowest BCUT2D eigenvalue weighted by atomic mass is 10.2. The molecule has 9 nitrogen and oxygen atoms in total. The molecule has 0 aliphatic carbocycles. The number of aromatic nitrogens is 3. The van der Waals surface area contributed by atoms with Crippen molar-refractivity contribution in [2.45, 2.75) is 45.7 Å². The SMILES string of the molecule is CCNC(=NCCCn1nc2n(c1=O)CCCC2)N1CCN(c2ccccc2O)CC1. The Morgan fingerprint density at radius 3 is 2.71 bits per heavy atom. The van der Waals surface area contributed by atoms with E-state index in [4.69, 9.17) is 4.99 Å². The number of piperazine rings is 1. The van der Waals surface area contributed by atoms with Crippen LogP contribution in [0.1, 0.15) is 32.0 Å². The summed E-state index contributed by atoms with van der Waals surface area (Å²) in [5.74, 6) is 2.17. The first-order valence-electron chi connectivity index (χ1n) is 11.4. The third-order valence-electron chi connectivity index (χ3n) is 5.96. The van der Waals surface area contributed by atoms with Gasteiger partial charge in [-0.1, -0.05) is 12.1 Å². The van der Waals surface area contributed by atoms with Crippen LogP contribution in [0.3, 0.4) is 0 Å². The summed E-state index contributed by atoms with van der Waals surface area (Å²) in [5, 5.41) is 18.0. The molecule has 2 aliphatic rings. The zero-order valence-electron chi connectivity index (χ0n) is 18.3. The molecular weight excluding hydrogens is 394 g/mol. The maximum Gasteiger partial charge on any atom is 0.345 e. The summed E-state index contributed by atoms with van der Waals surface area (Å²) >= 11 is 0. The summed E-state index contributed by atoms with van der Waals surface area (Å²) in [4.78, 5) is 21.7. The minimum absolute atomic E-state index is 0.0193. The lowest BCUT2D eigenvalue weighted by molar-refractivity contribution is 0.369. The lowest BCUT2D eigenvalue weighted by Crippen LogP contribution is -2.52. The number of benzene rings is 1. The van der Waals surface area contributed by atoms with Crippen LogP contribution >= 0.6 is 0 Å². The van der Waals surface area contributed by atoms with E-state index in [0.717, 1.165) is 82.4 Å². The third kappa shape index (κ3) is 4.86. The second-order valence-electron chi connectivity index (χ2n) is 8.08. The van der Waals surface area contributed by atoms with Crippen molar-refractivity contribution in [2.75, 3.05) is 44.2 Å². The van der Waals surface area contributed by atoms with Gasteiger partial charge in [-0.05, 0) is 38.3 Å². The Bertz CT molecular complexity index is 957. The smallest absolute Gasteiger partial charge is 0.345 e. The monoisotopic (exact) mass is 427 g/mol. The number of nitrogens with one attached hydrogen (secondary N) is 1. The number of aromatic hydroxyl groups is 1. The van der Waals surface area contributed by atoms with Crippen molar-refractivity contribution >= 4 is 11.6 Å². The Hall–Kier alpha value is -2.97. The maximum absolute atomic E-state index is 12.4. The fourth-order valence-electron chi connectivity index (χ4n) is 4.32. The fourth-order valence-corrected chi connectivity index (χ4v) is 4.32. The molecule has 0 saturated carbocycles. The minimum Gasteiger partial charge on any atom is -0.506 e. The van der Waals surface area contributed by atoms with Crippen LogP contribution in [0.25, 0.3) is 0 Å². The van der Waals surface area contributed by atoms with Gasteiger partial charge in [0.1, 0.15) is 11.6 Å². The molecule has 2 aliphatic heterocycles. The molecule has 4 rings (SSSR count). The zero-order valence-corrected chi connectivity index (χ0v) is 18.3. The van der Waals surface area contributed by atoms with Crippen molar-refractivity contribution in [3.8, 4) is 5.75 Å². The normalized spacial score (nSPS) is 17.0. The van der Waals surface area contributed by atoms with Crippen LogP contribution in [-0.2, 0) is 19.5 Å². The number of anilines is 1. The molecule has 0 bridgehead atoms. The van der Waals surface area contributed by atoms with Gasteiger partial charge in [0.25, 0.3) is 0 Å². The number of aliphatic imine (C=N–C) groups is 1. The van der Waals surface area contributed by atoms with Crippen LogP contribution in [0.2, 0.25) is 0 Å². The standard InChI is InChI=1S/C22H33N7O2/c1-2-23-21(27-16-14-26(15-17-27)18-8-3-4-9-19(18)30)24-11-7-13-29-22(31)28-12-6-5-10-20(28)25-29/h3-4,8-9,30H,2,5-7,10-17H2,1H3,(H,23,24). The zero-order chi connectivity index (χ0) is 21.6. The predicted octanol–water partition coefficient (Wildman–Crippen LogP) is 1.26. The van der Waals surface area contributed by atoms with Gasteiger partial charge in [0.2, 0.25) is 0 Å². The molecule has 0 amide bonds. The molecule has 2 aromatic rings. The molecule has 1 fully saturated rings. The van der Waals surface area contributed by atoms with E-state index in [9.17, 15) is 9.90 Å². The first-order valence-corrected chi connectivity index (χ1v) is 11.4. The van der Waals surface area contributed by atoms with Gasteiger partial charge in [0.05, 0.1) is 5.69 Å². The Kier molecular flexibility index (Phi) is 6.79. The Morgan fingerprint density at radius 1 is 1.16 bits per heavy atom. The van der Waals surface area contributed by atoms with E-state index < -0.39 is 0 Å². The van der Waals surface area contributed by atoms with E-state index >= 15 is 0 Å². The number of guanidine groups is 1. The molecule has 1 saturated heterocycles. The molecular formula is C22H33N7O2. The minimum atomic E-state index is 0.0193. The Balaban J connectivity index is 1.31. The number of hydrogen-bond acceptors (Lipinski definition) is 5. The van der Waals surface area contributed by atoms with Gasteiger partial charge in [-0.2, -0.15) is 5.10 Å². The third-order valence-corrected chi connectivity index (χ3v) is 5.96. The summed E-state index contributed by atoms with van der Waals surface area (Å²) in [6, 6.07) is 7.49. The molecule has 1 aromatic heterocycles. The van der Waals surface area contributed by atoms with Gasteiger partial charge < -0.3 is 20.2 Å². The largest absolute Gasteiger partial charge is 0.506 e. The Labute approximate surface area is 183 Å². The van der Waals surface area contributed by atoms with Crippen molar-refractivity contribution in [3.63, 3.8) is 0 Å². The van der Waals surface area contributed by atoms with E-state index in [-0.39, 0.29) is 5.69 Å². The van der Waals surface area contributed by atoms with Gasteiger partial charge >= 0.3 is 5.69 Å². The quantitative estimate of drug-likeness (QED) is 0.410. The number of para-hydroxylation sites is 2. The van der Waals surface area contributed by atoms with Crippen LogP contribution in [0.4, 0.5) is 5.69 Å². The van der Waals surface area contributed by atoms with Gasteiger partial charge in [-0.15, -0.1) is 0 Å². The van der Waals surface area contributed by atoms with Crippen LogP contribution in [0.5, 0.6) is 5.75 Å². The highest BCUT2D eigenvalue weighted by atomic mass is 16.3. The molecule has 31 heavy (non-hydrogen) atoms. The summed E-state index contributed by atoms with van der Waals surface area (Å²) in [7, 11) is 0. The first-order chi connectivity index (χ1) is 15.2. The molecule has 0 spiro atoms. The number of phenolic OH excluding ortho intramolecular Hbond substituents is 1. The number of phenols is 1. The van der Waals surface area contributed by atoms with E-state index in [1.165, 1.54) is 0 Å². The highest BCUT2D eigenvalue weighted by Gasteiger charge is 2.21. The summed E-state index contributed by atoms with van der Waals surface area (Å²) in [5.41, 5.74) is 0.906. The van der Waals surface area contributed by atoms with Crippen LogP contribution in [0.15, 0.2) is 34.1 Å². The second-order valence-corrected chi connectivity index (χ2v) is 8.08. The fraction of sp³-hybridized carbons (Fsp3) is 0.591. The molecule has 0 atom stereocenters. The Morgan fingerprint density at radius 2 is 1.97 bits per heavy atom. The topological polar surface area (TPSA) is 90.9 Å². The summed E-state index contributed by atoms with van der Waals surface area (Å²) < 4.78 is 3.43. The van der Waals surface area contributed by atoms with Crippen molar-refractivity contribution in [1.82, 2.24) is 24.6 Å². The highest BCUT2D eigenvalue weighted by Crippen LogP contribution is 2.27. The lowest BCUT2D eigenvalue weighted by Gasteiger charge is -2.37. The van der Waals surface area contributed by atoms with Crippen molar-refractivity contribution in [1.29, 1.82) is 0 Å². The van der Waals surface area contributed by atoms with E-state index in [2.05, 4.69) is 27.1 Å². The van der Waals surface area contributed by atoms with Crippen LogP contribution < -0.4 is 15.9 Å². The average molecular weight is 428 g/mol. The molecule has 1 aromatic carbocycles. The predicted molar refractivity (Wildman–Crippen MR) is 122 cm³/mol. The van der Waals surface area contributed by atoms with Crippen LogP contribution in [-0.4, -0.2) is 69.6 Å². The number of fused-ring (bicyclic) bond motifs is 1. The molecule has 0 radical (unpaired) electrons. The van der Waals surface area contributed by atoms with E-state index in [0.29, 0.717) is 18.8 Å². The van der Waals surface area contributed by atoms with Crippen molar-refractivity contribution < 1.29 is 5.11 Å². The number of hydrogen-bond donors (Lipinski definition) is 2. The first kappa shape index (κ1) is 21.3. The van der Waals surface area contributed by atoms with E-state index in [1.807, 2.05) is 22.8 Å². The molecule has 3 heterocycles. The highest BCUT2D eigenvalue weighted by molar-refractivity contribution is 5.80. The van der Waals surface area contributed by atoms with Crippen LogP contribution in [0, 0.1) is 0 Å².